The summed E-state index contributed by atoms with van der Waals surface area (Å²) in [5.41, 5.74) is -0.368. The maximum absolute atomic E-state index is 12.5. The molecule has 1 atom stereocenters. The van der Waals surface area contributed by atoms with Crippen LogP contribution < -0.4 is 10.6 Å². The van der Waals surface area contributed by atoms with Crippen LogP contribution in [-0.2, 0) is 9.59 Å². The van der Waals surface area contributed by atoms with Gasteiger partial charge in [0.2, 0.25) is 11.8 Å². The summed E-state index contributed by atoms with van der Waals surface area (Å²) in [6, 6.07) is 0. The molecule has 2 saturated heterocycles. The molecule has 0 spiro atoms. The van der Waals surface area contributed by atoms with Crippen molar-refractivity contribution in [1.82, 2.24) is 15.5 Å². The third-order valence-electron chi connectivity index (χ3n) is 3.86. The summed E-state index contributed by atoms with van der Waals surface area (Å²) in [4.78, 5) is 25.6. The minimum Gasteiger partial charge on any atom is -0.354 e. The van der Waals surface area contributed by atoms with E-state index in [0.717, 1.165) is 25.8 Å². The molecule has 2 fully saturated rings. The SMILES string of the molecule is CCC1(C(=O)N2CCNC(=O)CC2)CCCN1. The maximum atomic E-state index is 12.5. The average Bonchev–Trinajstić information content (AvgIpc) is 2.73. The van der Waals surface area contributed by atoms with Crippen molar-refractivity contribution < 1.29 is 9.59 Å². The van der Waals surface area contributed by atoms with Gasteiger partial charge in [0, 0.05) is 26.1 Å². The summed E-state index contributed by atoms with van der Waals surface area (Å²) in [6.07, 6.45) is 3.22. The Hall–Kier alpha value is -1.10. The van der Waals surface area contributed by atoms with E-state index in [9.17, 15) is 9.59 Å². The predicted octanol–water partition coefficient (Wildman–Crippen LogP) is -0.133. The molecule has 2 aliphatic heterocycles. The van der Waals surface area contributed by atoms with Gasteiger partial charge in [0.05, 0.1) is 5.54 Å². The zero-order chi connectivity index (χ0) is 12.3. The van der Waals surface area contributed by atoms with Crippen molar-refractivity contribution in [3.05, 3.63) is 0 Å². The highest BCUT2D eigenvalue weighted by atomic mass is 16.2. The van der Waals surface area contributed by atoms with Gasteiger partial charge < -0.3 is 15.5 Å². The molecular weight excluding hydrogens is 218 g/mol. The Bertz CT molecular complexity index is 311. The summed E-state index contributed by atoms with van der Waals surface area (Å²) in [5.74, 6) is 0.222. The standard InChI is InChI=1S/C12H21N3O2/c1-2-12(5-3-6-14-12)11(17)15-8-4-10(16)13-7-9-15/h14H,2-9H2,1H3,(H,13,16). The number of hydrogen-bond donors (Lipinski definition) is 2. The molecule has 0 aromatic carbocycles. The highest BCUT2D eigenvalue weighted by molar-refractivity contribution is 5.87. The van der Waals surface area contributed by atoms with Crippen molar-refractivity contribution in [2.75, 3.05) is 26.2 Å². The Labute approximate surface area is 102 Å². The average molecular weight is 239 g/mol. The third kappa shape index (κ3) is 2.44. The third-order valence-corrected chi connectivity index (χ3v) is 3.86. The second-order valence-electron chi connectivity index (χ2n) is 4.86. The molecule has 2 aliphatic rings. The van der Waals surface area contributed by atoms with Gasteiger partial charge in [0.15, 0.2) is 0 Å². The van der Waals surface area contributed by atoms with Crippen molar-refractivity contribution in [2.45, 2.75) is 38.1 Å². The van der Waals surface area contributed by atoms with E-state index in [0.29, 0.717) is 26.1 Å². The summed E-state index contributed by atoms with van der Waals surface area (Å²) in [7, 11) is 0. The highest BCUT2D eigenvalue weighted by Crippen LogP contribution is 2.25. The second-order valence-corrected chi connectivity index (χ2v) is 4.86. The minimum absolute atomic E-state index is 0.0465. The lowest BCUT2D eigenvalue weighted by atomic mass is 9.92. The smallest absolute Gasteiger partial charge is 0.242 e. The fourth-order valence-corrected chi connectivity index (χ4v) is 2.71. The van der Waals surface area contributed by atoms with Gasteiger partial charge in [0.25, 0.3) is 0 Å². The second kappa shape index (κ2) is 5.04. The van der Waals surface area contributed by atoms with E-state index in [1.54, 1.807) is 0 Å². The number of rotatable bonds is 2. The summed E-state index contributed by atoms with van der Waals surface area (Å²) < 4.78 is 0. The molecule has 17 heavy (non-hydrogen) atoms. The van der Waals surface area contributed by atoms with Gasteiger partial charge in [-0.3, -0.25) is 9.59 Å². The van der Waals surface area contributed by atoms with Crippen LogP contribution in [0.5, 0.6) is 0 Å². The van der Waals surface area contributed by atoms with Crippen molar-refractivity contribution in [1.29, 1.82) is 0 Å². The van der Waals surface area contributed by atoms with Crippen molar-refractivity contribution >= 4 is 11.8 Å². The molecule has 0 bridgehead atoms. The van der Waals surface area contributed by atoms with Gasteiger partial charge in [-0.1, -0.05) is 6.92 Å². The molecule has 5 nitrogen and oxygen atoms in total. The van der Waals surface area contributed by atoms with Gasteiger partial charge >= 0.3 is 0 Å². The zero-order valence-electron chi connectivity index (χ0n) is 10.4. The monoisotopic (exact) mass is 239 g/mol. The molecule has 0 aromatic rings. The van der Waals surface area contributed by atoms with Gasteiger partial charge in [-0.05, 0) is 25.8 Å². The van der Waals surface area contributed by atoms with Crippen LogP contribution in [-0.4, -0.2) is 48.4 Å². The van der Waals surface area contributed by atoms with Gasteiger partial charge in [-0.15, -0.1) is 0 Å². The van der Waals surface area contributed by atoms with Crippen molar-refractivity contribution in [3.63, 3.8) is 0 Å². The van der Waals surface area contributed by atoms with Gasteiger partial charge in [-0.25, -0.2) is 0 Å². The minimum atomic E-state index is -0.368. The Morgan fingerprint density at radius 1 is 1.41 bits per heavy atom. The van der Waals surface area contributed by atoms with E-state index < -0.39 is 0 Å². The molecule has 2 rings (SSSR count). The van der Waals surface area contributed by atoms with Gasteiger partial charge in [-0.2, -0.15) is 0 Å². The van der Waals surface area contributed by atoms with Crippen LogP contribution in [0.4, 0.5) is 0 Å². The first-order valence-corrected chi connectivity index (χ1v) is 6.49. The number of amides is 2. The predicted molar refractivity (Wildman–Crippen MR) is 64.5 cm³/mol. The van der Waals surface area contributed by atoms with E-state index in [1.807, 2.05) is 4.90 Å². The molecule has 1 unspecified atom stereocenters. The van der Waals surface area contributed by atoms with Gasteiger partial charge in [0.1, 0.15) is 0 Å². The van der Waals surface area contributed by atoms with Crippen LogP contribution in [0.3, 0.4) is 0 Å². The Morgan fingerprint density at radius 2 is 2.24 bits per heavy atom. The fourth-order valence-electron chi connectivity index (χ4n) is 2.71. The zero-order valence-corrected chi connectivity index (χ0v) is 10.4. The summed E-state index contributed by atoms with van der Waals surface area (Å²) >= 11 is 0. The molecule has 0 radical (unpaired) electrons. The number of carbonyl (C=O) groups excluding carboxylic acids is 2. The Morgan fingerprint density at radius 3 is 2.88 bits per heavy atom. The van der Waals surface area contributed by atoms with Crippen molar-refractivity contribution in [3.8, 4) is 0 Å². The normalized spacial score (nSPS) is 29.9. The quantitative estimate of drug-likeness (QED) is 0.705. The molecule has 2 N–H and O–H groups in total. The fraction of sp³-hybridized carbons (Fsp3) is 0.833. The Balaban J connectivity index is 2.05. The first-order chi connectivity index (χ1) is 8.18. The molecule has 0 aliphatic carbocycles. The molecule has 2 amide bonds. The van der Waals surface area contributed by atoms with Crippen LogP contribution in [0.25, 0.3) is 0 Å². The number of nitrogens with zero attached hydrogens (tertiary/aromatic N) is 1. The van der Waals surface area contributed by atoms with Crippen LogP contribution in [0.15, 0.2) is 0 Å². The van der Waals surface area contributed by atoms with Crippen LogP contribution in [0.1, 0.15) is 32.6 Å². The maximum Gasteiger partial charge on any atom is 0.242 e. The molecule has 0 aromatic heterocycles. The molecular formula is C12H21N3O2. The van der Waals surface area contributed by atoms with Crippen LogP contribution in [0, 0.1) is 0 Å². The topological polar surface area (TPSA) is 61.4 Å². The van der Waals surface area contributed by atoms with E-state index in [2.05, 4.69) is 17.6 Å². The highest BCUT2D eigenvalue weighted by Gasteiger charge is 2.41. The van der Waals surface area contributed by atoms with E-state index >= 15 is 0 Å². The number of carbonyl (C=O) groups is 2. The first kappa shape index (κ1) is 12.4. The van der Waals surface area contributed by atoms with Crippen LogP contribution in [0.2, 0.25) is 0 Å². The Kier molecular flexibility index (Phi) is 3.66. The molecule has 96 valence electrons. The largest absolute Gasteiger partial charge is 0.354 e. The molecule has 5 heteroatoms. The lowest BCUT2D eigenvalue weighted by Crippen LogP contribution is -2.55. The van der Waals surface area contributed by atoms with E-state index in [4.69, 9.17) is 0 Å². The molecule has 2 heterocycles. The van der Waals surface area contributed by atoms with E-state index in [-0.39, 0.29) is 17.4 Å². The van der Waals surface area contributed by atoms with E-state index in [1.165, 1.54) is 0 Å². The first-order valence-electron chi connectivity index (χ1n) is 6.49. The van der Waals surface area contributed by atoms with Crippen LogP contribution >= 0.6 is 0 Å². The number of hydrogen-bond acceptors (Lipinski definition) is 3. The number of nitrogens with one attached hydrogen (secondary N) is 2. The summed E-state index contributed by atoms with van der Waals surface area (Å²) in [5, 5.41) is 6.15. The summed E-state index contributed by atoms with van der Waals surface area (Å²) in [6.45, 7) is 4.73. The lowest BCUT2D eigenvalue weighted by Gasteiger charge is -2.33. The molecule has 0 saturated carbocycles. The van der Waals surface area contributed by atoms with Crippen molar-refractivity contribution in [2.24, 2.45) is 0 Å². The lowest BCUT2D eigenvalue weighted by molar-refractivity contribution is -0.137.